The fourth-order valence-electron chi connectivity index (χ4n) is 7.88. The van der Waals surface area contributed by atoms with Gasteiger partial charge in [0.25, 0.3) is 0 Å². The topological polar surface area (TPSA) is 8.17 Å². The number of benzene rings is 6. The molecule has 42 heavy (non-hydrogen) atoms. The van der Waals surface area contributed by atoms with E-state index in [9.17, 15) is 0 Å². The van der Waals surface area contributed by atoms with Gasteiger partial charge in [0.15, 0.2) is 0 Å². The summed E-state index contributed by atoms with van der Waals surface area (Å²) in [6.07, 6.45) is 0. The van der Waals surface area contributed by atoms with Gasteiger partial charge >= 0.3 is 0 Å². The minimum absolute atomic E-state index is 0.0902. The van der Waals surface area contributed by atoms with Gasteiger partial charge in [-0.2, -0.15) is 0 Å². The van der Waals surface area contributed by atoms with Crippen LogP contribution < -0.4 is 21.3 Å². The van der Waals surface area contributed by atoms with E-state index in [0.29, 0.717) is 0 Å². The minimum atomic E-state index is -0.0902. The highest BCUT2D eigenvalue weighted by molar-refractivity contribution is 6.99. The summed E-state index contributed by atoms with van der Waals surface area (Å²) in [6.45, 7) is 5.00. The van der Waals surface area contributed by atoms with Crippen LogP contribution in [0.25, 0.3) is 27.5 Å². The van der Waals surface area contributed by atoms with Crippen molar-refractivity contribution in [1.82, 2.24) is 4.57 Å². The molecule has 0 atom stereocenters. The summed E-state index contributed by atoms with van der Waals surface area (Å²) < 4.78 is 2.58. The molecule has 0 bridgehead atoms. The van der Waals surface area contributed by atoms with Crippen LogP contribution in [0.4, 0.5) is 17.1 Å². The molecular formula is C39H29BN2. The highest BCUT2D eigenvalue weighted by atomic mass is 15.2. The van der Waals surface area contributed by atoms with Crippen molar-refractivity contribution in [2.45, 2.75) is 19.3 Å². The molecule has 0 spiro atoms. The highest BCUT2D eigenvalue weighted by Crippen LogP contribution is 2.45. The van der Waals surface area contributed by atoms with Gasteiger partial charge in [-0.25, -0.2) is 0 Å². The zero-order chi connectivity index (χ0) is 28.0. The van der Waals surface area contributed by atoms with Crippen LogP contribution in [0, 0.1) is 0 Å². The summed E-state index contributed by atoms with van der Waals surface area (Å²) in [5.41, 5.74) is 14.4. The molecule has 0 aliphatic carbocycles. The van der Waals surface area contributed by atoms with Crippen LogP contribution in [0.3, 0.4) is 0 Å². The molecule has 0 amide bonds. The van der Waals surface area contributed by atoms with Gasteiger partial charge in [-0.15, -0.1) is 0 Å². The van der Waals surface area contributed by atoms with Crippen LogP contribution in [-0.2, 0) is 5.41 Å². The standard InChI is InChI=1S/C39H29BN2/c1-39(2)30-19-9-10-20-32(30)40-33-21-11-12-22-34(33)42-37-28(29-24-25-31(39)36(40)38(29)42)18-13-23-35(37)41(26-14-5-3-6-15-26)27-16-7-4-8-17-27/h3-25H,1-2H3. The minimum Gasteiger partial charge on any atom is -0.308 e. The number of hydrogen-bond donors (Lipinski definition) is 0. The third kappa shape index (κ3) is 3.00. The number of hydrogen-bond acceptors (Lipinski definition) is 1. The molecule has 198 valence electrons. The van der Waals surface area contributed by atoms with Crippen molar-refractivity contribution >= 4 is 62.0 Å². The number of rotatable bonds is 3. The molecule has 3 heteroatoms. The summed E-state index contributed by atoms with van der Waals surface area (Å²) in [7, 11) is 0. The van der Waals surface area contributed by atoms with E-state index in [4.69, 9.17) is 0 Å². The van der Waals surface area contributed by atoms with E-state index in [1.165, 1.54) is 60.7 Å². The van der Waals surface area contributed by atoms with Crippen molar-refractivity contribution in [2.75, 3.05) is 4.90 Å². The largest absolute Gasteiger partial charge is 0.308 e. The Balaban J connectivity index is 1.47. The molecule has 9 rings (SSSR count). The maximum absolute atomic E-state index is 2.58. The van der Waals surface area contributed by atoms with Gasteiger partial charge in [-0.05, 0) is 58.5 Å². The van der Waals surface area contributed by atoms with Crippen molar-refractivity contribution in [3.63, 3.8) is 0 Å². The van der Waals surface area contributed by atoms with Crippen LogP contribution in [0.15, 0.2) is 140 Å². The van der Waals surface area contributed by atoms with E-state index in [2.05, 4.69) is 163 Å². The summed E-state index contributed by atoms with van der Waals surface area (Å²) in [6, 6.07) is 51.3. The Morgan fingerprint density at radius 1 is 0.524 bits per heavy atom. The quantitative estimate of drug-likeness (QED) is 0.210. The summed E-state index contributed by atoms with van der Waals surface area (Å²) >= 11 is 0. The van der Waals surface area contributed by atoms with Crippen LogP contribution in [-0.4, -0.2) is 11.3 Å². The smallest absolute Gasteiger partial charge is 0.247 e. The number of fused-ring (bicyclic) bond motifs is 8. The number of anilines is 3. The van der Waals surface area contributed by atoms with Crippen molar-refractivity contribution < 1.29 is 0 Å². The van der Waals surface area contributed by atoms with Gasteiger partial charge in [0, 0.05) is 38.8 Å². The third-order valence-corrected chi connectivity index (χ3v) is 9.63. The maximum atomic E-state index is 2.58. The molecule has 2 aliphatic heterocycles. The second-order valence-corrected chi connectivity index (χ2v) is 12.1. The van der Waals surface area contributed by atoms with Crippen LogP contribution in [0.5, 0.6) is 0 Å². The number of para-hydroxylation sites is 4. The second-order valence-electron chi connectivity index (χ2n) is 12.1. The number of aromatic nitrogens is 1. The molecule has 7 aromatic rings. The molecule has 1 aromatic heterocycles. The molecule has 2 aliphatic rings. The Kier molecular flexibility index (Phi) is 4.79. The van der Waals surface area contributed by atoms with E-state index < -0.39 is 0 Å². The molecular weight excluding hydrogens is 507 g/mol. The molecule has 0 radical (unpaired) electrons. The summed E-state index contributed by atoms with van der Waals surface area (Å²) in [4.78, 5) is 2.41. The molecule has 0 unspecified atom stereocenters. The van der Waals surface area contributed by atoms with E-state index >= 15 is 0 Å². The molecule has 0 saturated heterocycles. The maximum Gasteiger partial charge on any atom is 0.247 e. The molecule has 2 nitrogen and oxygen atoms in total. The van der Waals surface area contributed by atoms with Crippen molar-refractivity contribution in [3.05, 3.63) is 151 Å². The fraction of sp³-hybridized carbons (Fsp3) is 0.0769. The zero-order valence-electron chi connectivity index (χ0n) is 23.8. The Labute approximate surface area is 246 Å². The first-order chi connectivity index (χ1) is 20.6. The molecule has 0 fully saturated rings. The van der Waals surface area contributed by atoms with Gasteiger partial charge < -0.3 is 9.47 Å². The summed E-state index contributed by atoms with van der Waals surface area (Å²) in [5.74, 6) is 0. The predicted octanol–water partition coefficient (Wildman–Crippen LogP) is 7.72. The van der Waals surface area contributed by atoms with Crippen molar-refractivity contribution in [3.8, 4) is 5.69 Å². The predicted molar refractivity (Wildman–Crippen MR) is 179 cm³/mol. The monoisotopic (exact) mass is 536 g/mol. The molecule has 6 aromatic carbocycles. The lowest BCUT2D eigenvalue weighted by Gasteiger charge is -2.41. The van der Waals surface area contributed by atoms with E-state index in [1.54, 1.807) is 0 Å². The Morgan fingerprint density at radius 2 is 1.14 bits per heavy atom. The van der Waals surface area contributed by atoms with Crippen LogP contribution in [0.1, 0.15) is 25.0 Å². The average molecular weight is 536 g/mol. The van der Waals surface area contributed by atoms with Gasteiger partial charge in [0.05, 0.1) is 11.2 Å². The Morgan fingerprint density at radius 3 is 1.88 bits per heavy atom. The lowest BCUT2D eigenvalue weighted by atomic mass is 9.30. The molecule has 0 saturated carbocycles. The Hall–Kier alpha value is -5.02. The normalized spacial score (nSPS) is 14.1. The SMILES string of the molecule is CC1(C)c2ccccc2B2c3ccccc3-n3c4c(N(c5ccccc5)c5ccccc5)cccc4c4ccc1c2c43. The van der Waals surface area contributed by atoms with Gasteiger partial charge in [0.1, 0.15) is 0 Å². The third-order valence-electron chi connectivity index (χ3n) is 9.63. The molecule has 0 N–H and O–H groups in total. The van der Waals surface area contributed by atoms with E-state index in [1.807, 2.05) is 0 Å². The van der Waals surface area contributed by atoms with Gasteiger partial charge in [0.2, 0.25) is 6.71 Å². The first kappa shape index (κ1) is 23.7. The van der Waals surface area contributed by atoms with Gasteiger partial charge in [-0.3, -0.25) is 0 Å². The average Bonchev–Trinajstić information content (AvgIpc) is 3.39. The fourth-order valence-corrected chi connectivity index (χ4v) is 7.88. The lowest BCUT2D eigenvalue weighted by Crippen LogP contribution is -2.63. The lowest BCUT2D eigenvalue weighted by molar-refractivity contribution is 0.646. The number of nitrogens with zero attached hydrogens (tertiary/aromatic N) is 2. The molecule has 3 heterocycles. The zero-order valence-corrected chi connectivity index (χ0v) is 23.8. The van der Waals surface area contributed by atoms with Crippen LogP contribution in [0.2, 0.25) is 0 Å². The first-order valence-electron chi connectivity index (χ1n) is 14.8. The first-order valence-corrected chi connectivity index (χ1v) is 14.8. The Bertz CT molecular complexity index is 2140. The second kappa shape index (κ2) is 8.50. The highest BCUT2D eigenvalue weighted by Gasteiger charge is 2.44. The van der Waals surface area contributed by atoms with E-state index in [0.717, 1.165) is 11.4 Å². The van der Waals surface area contributed by atoms with Crippen molar-refractivity contribution in [1.29, 1.82) is 0 Å². The summed E-state index contributed by atoms with van der Waals surface area (Å²) in [5, 5.41) is 2.61. The van der Waals surface area contributed by atoms with Crippen LogP contribution >= 0.6 is 0 Å². The van der Waals surface area contributed by atoms with Gasteiger partial charge in [-0.1, -0.05) is 122 Å². The van der Waals surface area contributed by atoms with Crippen molar-refractivity contribution in [2.24, 2.45) is 0 Å². The van der Waals surface area contributed by atoms with E-state index in [-0.39, 0.29) is 12.1 Å².